The lowest BCUT2D eigenvalue weighted by atomic mass is 10.3. The standard InChI is InChI=1S/C11H18N4S/c1-9-7-10(12)14-11(13-9)8-15-3-2-5-16-6-4-15/h7H,2-6,8H2,1H3,(H2,12,13,14). The Balaban J connectivity index is 2.01. The van der Waals surface area contributed by atoms with E-state index in [1.807, 2.05) is 24.8 Å². The second-order valence-electron chi connectivity index (χ2n) is 4.09. The molecule has 1 aromatic rings. The SMILES string of the molecule is Cc1cc(N)nc(CN2CCCSCC2)n1. The number of nitrogens with zero attached hydrogens (tertiary/aromatic N) is 3. The molecule has 1 saturated heterocycles. The molecule has 0 radical (unpaired) electrons. The molecule has 0 aliphatic carbocycles. The van der Waals surface area contributed by atoms with Crippen molar-refractivity contribution in [2.24, 2.45) is 0 Å². The van der Waals surface area contributed by atoms with E-state index >= 15 is 0 Å². The Hall–Kier alpha value is -0.810. The second kappa shape index (κ2) is 5.50. The van der Waals surface area contributed by atoms with Crippen LogP contribution in [0.1, 0.15) is 17.9 Å². The van der Waals surface area contributed by atoms with Crippen LogP contribution in [0.25, 0.3) is 0 Å². The third kappa shape index (κ3) is 3.35. The van der Waals surface area contributed by atoms with Gasteiger partial charge in [-0.15, -0.1) is 0 Å². The fourth-order valence-electron chi connectivity index (χ4n) is 1.88. The lowest BCUT2D eigenvalue weighted by Crippen LogP contribution is -2.26. The van der Waals surface area contributed by atoms with Crippen molar-refractivity contribution in [3.63, 3.8) is 0 Å². The maximum absolute atomic E-state index is 5.72. The van der Waals surface area contributed by atoms with Crippen LogP contribution in [0.2, 0.25) is 0 Å². The van der Waals surface area contributed by atoms with Gasteiger partial charge in [0, 0.05) is 24.1 Å². The molecule has 2 rings (SSSR count). The van der Waals surface area contributed by atoms with Crippen LogP contribution in [0.5, 0.6) is 0 Å². The molecule has 1 aliphatic heterocycles. The fourth-order valence-corrected chi connectivity index (χ4v) is 2.81. The normalized spacial score (nSPS) is 18.3. The maximum Gasteiger partial charge on any atom is 0.144 e. The number of rotatable bonds is 2. The van der Waals surface area contributed by atoms with E-state index in [1.165, 1.54) is 17.9 Å². The highest BCUT2D eigenvalue weighted by atomic mass is 32.2. The summed E-state index contributed by atoms with van der Waals surface area (Å²) >= 11 is 2.03. The highest BCUT2D eigenvalue weighted by Crippen LogP contribution is 2.12. The number of aryl methyl sites for hydroxylation is 1. The van der Waals surface area contributed by atoms with Gasteiger partial charge in [0.25, 0.3) is 0 Å². The van der Waals surface area contributed by atoms with Gasteiger partial charge in [0.2, 0.25) is 0 Å². The van der Waals surface area contributed by atoms with Crippen molar-refractivity contribution in [3.05, 3.63) is 17.6 Å². The van der Waals surface area contributed by atoms with Gasteiger partial charge < -0.3 is 5.73 Å². The van der Waals surface area contributed by atoms with Crippen molar-refractivity contribution in [1.82, 2.24) is 14.9 Å². The van der Waals surface area contributed by atoms with Crippen molar-refractivity contribution in [1.29, 1.82) is 0 Å². The Kier molecular flexibility index (Phi) is 4.01. The monoisotopic (exact) mass is 238 g/mol. The summed E-state index contributed by atoms with van der Waals surface area (Å²) in [5.41, 5.74) is 6.67. The van der Waals surface area contributed by atoms with Gasteiger partial charge in [-0.3, -0.25) is 4.90 Å². The number of anilines is 1. The molecule has 0 saturated carbocycles. The van der Waals surface area contributed by atoms with Crippen LogP contribution in [0.3, 0.4) is 0 Å². The molecule has 16 heavy (non-hydrogen) atoms. The molecule has 0 unspecified atom stereocenters. The molecule has 0 bridgehead atoms. The zero-order valence-corrected chi connectivity index (χ0v) is 10.5. The molecule has 0 aromatic carbocycles. The van der Waals surface area contributed by atoms with E-state index < -0.39 is 0 Å². The topological polar surface area (TPSA) is 55.0 Å². The highest BCUT2D eigenvalue weighted by molar-refractivity contribution is 7.99. The van der Waals surface area contributed by atoms with Gasteiger partial charge in [0.1, 0.15) is 11.6 Å². The van der Waals surface area contributed by atoms with Gasteiger partial charge in [-0.1, -0.05) is 0 Å². The van der Waals surface area contributed by atoms with Crippen molar-refractivity contribution >= 4 is 17.6 Å². The summed E-state index contributed by atoms with van der Waals surface area (Å²) in [5, 5.41) is 0. The molecule has 88 valence electrons. The molecule has 1 aromatic heterocycles. The van der Waals surface area contributed by atoms with Gasteiger partial charge in [0.05, 0.1) is 6.54 Å². The molecule has 2 N–H and O–H groups in total. The van der Waals surface area contributed by atoms with Crippen molar-refractivity contribution in [3.8, 4) is 0 Å². The predicted molar refractivity (Wildman–Crippen MR) is 68.4 cm³/mol. The summed E-state index contributed by atoms with van der Waals surface area (Å²) in [6.45, 7) is 5.05. The third-order valence-electron chi connectivity index (χ3n) is 2.60. The zero-order valence-electron chi connectivity index (χ0n) is 9.65. The lowest BCUT2D eigenvalue weighted by Gasteiger charge is -2.18. The third-order valence-corrected chi connectivity index (χ3v) is 3.65. The van der Waals surface area contributed by atoms with Gasteiger partial charge in [-0.05, 0) is 25.6 Å². The van der Waals surface area contributed by atoms with Crippen molar-refractivity contribution in [2.75, 3.05) is 30.3 Å². The smallest absolute Gasteiger partial charge is 0.144 e. The lowest BCUT2D eigenvalue weighted by molar-refractivity contribution is 0.280. The molecule has 1 aliphatic rings. The first kappa shape index (κ1) is 11.7. The second-order valence-corrected chi connectivity index (χ2v) is 5.32. The Bertz CT molecular complexity index is 328. The summed E-state index contributed by atoms with van der Waals surface area (Å²) in [6, 6.07) is 1.81. The average Bonchev–Trinajstić information content (AvgIpc) is 2.44. The quantitative estimate of drug-likeness (QED) is 0.842. The van der Waals surface area contributed by atoms with E-state index in [9.17, 15) is 0 Å². The predicted octanol–water partition coefficient (Wildman–Crippen LogP) is 1.31. The number of hydrogen-bond acceptors (Lipinski definition) is 5. The Morgan fingerprint density at radius 3 is 3.06 bits per heavy atom. The van der Waals surface area contributed by atoms with Crippen LogP contribution >= 0.6 is 11.8 Å². The molecular weight excluding hydrogens is 220 g/mol. The largest absolute Gasteiger partial charge is 0.384 e. The van der Waals surface area contributed by atoms with E-state index in [1.54, 1.807) is 0 Å². The number of aromatic nitrogens is 2. The van der Waals surface area contributed by atoms with E-state index in [-0.39, 0.29) is 0 Å². The molecule has 5 heteroatoms. The highest BCUT2D eigenvalue weighted by Gasteiger charge is 2.11. The molecule has 2 heterocycles. The Morgan fingerprint density at radius 1 is 1.38 bits per heavy atom. The minimum Gasteiger partial charge on any atom is -0.384 e. The number of nitrogens with two attached hydrogens (primary N) is 1. The van der Waals surface area contributed by atoms with E-state index in [0.717, 1.165) is 31.2 Å². The summed E-state index contributed by atoms with van der Waals surface area (Å²) in [4.78, 5) is 11.1. The minimum atomic E-state index is 0.576. The summed E-state index contributed by atoms with van der Waals surface area (Å²) in [6.07, 6.45) is 1.26. The first-order chi connectivity index (χ1) is 7.74. The first-order valence-corrected chi connectivity index (χ1v) is 6.79. The first-order valence-electron chi connectivity index (χ1n) is 5.64. The van der Waals surface area contributed by atoms with E-state index in [4.69, 9.17) is 5.73 Å². The van der Waals surface area contributed by atoms with Crippen molar-refractivity contribution < 1.29 is 0 Å². The number of hydrogen-bond donors (Lipinski definition) is 1. The molecule has 1 fully saturated rings. The van der Waals surface area contributed by atoms with Crippen molar-refractivity contribution in [2.45, 2.75) is 19.9 Å². The van der Waals surface area contributed by atoms with E-state index in [0.29, 0.717) is 5.82 Å². The molecule has 4 nitrogen and oxygen atoms in total. The summed E-state index contributed by atoms with van der Waals surface area (Å²) in [5.74, 6) is 3.91. The van der Waals surface area contributed by atoms with Gasteiger partial charge in [0.15, 0.2) is 0 Å². The zero-order chi connectivity index (χ0) is 11.4. The molecule has 0 spiro atoms. The summed E-state index contributed by atoms with van der Waals surface area (Å²) in [7, 11) is 0. The van der Waals surface area contributed by atoms with Crippen LogP contribution in [0.4, 0.5) is 5.82 Å². The fraction of sp³-hybridized carbons (Fsp3) is 0.636. The van der Waals surface area contributed by atoms with Crippen LogP contribution in [0, 0.1) is 6.92 Å². The van der Waals surface area contributed by atoms with Gasteiger partial charge >= 0.3 is 0 Å². The maximum atomic E-state index is 5.72. The number of thioether (sulfide) groups is 1. The van der Waals surface area contributed by atoms with Gasteiger partial charge in [-0.25, -0.2) is 9.97 Å². The average molecular weight is 238 g/mol. The van der Waals surface area contributed by atoms with Crippen LogP contribution in [-0.4, -0.2) is 39.5 Å². The molecule has 0 atom stereocenters. The minimum absolute atomic E-state index is 0.576. The van der Waals surface area contributed by atoms with Gasteiger partial charge in [-0.2, -0.15) is 11.8 Å². The van der Waals surface area contributed by atoms with Crippen LogP contribution in [-0.2, 0) is 6.54 Å². The van der Waals surface area contributed by atoms with Crippen LogP contribution in [0.15, 0.2) is 6.07 Å². The Labute approximate surface area is 101 Å². The molecule has 0 amide bonds. The van der Waals surface area contributed by atoms with Crippen LogP contribution < -0.4 is 5.73 Å². The van der Waals surface area contributed by atoms with E-state index in [2.05, 4.69) is 14.9 Å². The number of nitrogen functional groups attached to an aromatic ring is 1. The molecular formula is C11H18N4S. The summed E-state index contributed by atoms with van der Waals surface area (Å²) < 4.78 is 0. The Morgan fingerprint density at radius 2 is 2.25 bits per heavy atom.